The zero-order chi connectivity index (χ0) is 11.5. The number of thioether (sulfide) groups is 1. The normalized spacial score (nSPS) is 11.5. The van der Waals surface area contributed by atoms with E-state index in [0.717, 1.165) is 4.90 Å². The second-order valence-electron chi connectivity index (χ2n) is 3.62. The maximum atomic E-state index is 11.6. The number of hydrogen-bond acceptors (Lipinski definition) is 2. The van der Waals surface area contributed by atoms with Gasteiger partial charge in [-0.3, -0.25) is 4.79 Å². The minimum absolute atomic E-state index is 0.183. The molecule has 0 aromatic heterocycles. The van der Waals surface area contributed by atoms with Crippen LogP contribution in [-0.4, -0.2) is 15.9 Å². The van der Waals surface area contributed by atoms with Gasteiger partial charge in [0, 0.05) is 9.92 Å². The standard InChI is InChI=1S/C11H12BrClOS/c1-11(2,10(14)7-12)15-9-5-3-8(13)4-6-9/h3-6H,7H2,1-2H3. The molecular formula is C11H12BrClOS. The van der Waals surface area contributed by atoms with E-state index in [4.69, 9.17) is 11.6 Å². The summed E-state index contributed by atoms with van der Waals surface area (Å²) in [6.07, 6.45) is 0. The molecule has 0 spiro atoms. The van der Waals surface area contributed by atoms with Crippen LogP contribution in [0.4, 0.5) is 0 Å². The van der Waals surface area contributed by atoms with Gasteiger partial charge < -0.3 is 0 Å². The van der Waals surface area contributed by atoms with Crippen molar-refractivity contribution in [3.63, 3.8) is 0 Å². The first-order valence-corrected chi connectivity index (χ1v) is 6.81. The van der Waals surface area contributed by atoms with Crippen LogP contribution >= 0.6 is 39.3 Å². The van der Waals surface area contributed by atoms with Gasteiger partial charge in [-0.05, 0) is 38.1 Å². The second-order valence-corrected chi connectivity index (χ2v) is 6.32. The molecular weight excluding hydrogens is 296 g/mol. The number of hydrogen-bond donors (Lipinski definition) is 0. The molecule has 0 bridgehead atoms. The summed E-state index contributed by atoms with van der Waals surface area (Å²) in [6, 6.07) is 7.52. The number of carbonyl (C=O) groups is 1. The van der Waals surface area contributed by atoms with E-state index in [2.05, 4.69) is 15.9 Å². The monoisotopic (exact) mass is 306 g/mol. The Balaban J connectivity index is 2.77. The fourth-order valence-electron chi connectivity index (χ4n) is 1.02. The van der Waals surface area contributed by atoms with E-state index in [9.17, 15) is 4.79 Å². The third-order valence-electron chi connectivity index (χ3n) is 1.98. The van der Waals surface area contributed by atoms with Crippen molar-refractivity contribution in [1.29, 1.82) is 0 Å². The SMILES string of the molecule is CC(C)(Sc1ccc(Cl)cc1)C(=O)CBr. The highest BCUT2D eigenvalue weighted by atomic mass is 79.9. The minimum atomic E-state index is -0.405. The van der Waals surface area contributed by atoms with E-state index in [1.165, 1.54) is 0 Å². The van der Waals surface area contributed by atoms with Crippen LogP contribution in [0.5, 0.6) is 0 Å². The van der Waals surface area contributed by atoms with Crippen molar-refractivity contribution < 1.29 is 4.79 Å². The lowest BCUT2D eigenvalue weighted by atomic mass is 10.1. The molecule has 0 saturated carbocycles. The quantitative estimate of drug-likeness (QED) is 0.613. The van der Waals surface area contributed by atoms with Gasteiger partial charge in [0.1, 0.15) is 0 Å². The summed E-state index contributed by atoms with van der Waals surface area (Å²) in [5.74, 6) is 0.183. The van der Waals surface area contributed by atoms with Crippen molar-refractivity contribution in [2.24, 2.45) is 0 Å². The Morgan fingerprint density at radius 1 is 1.40 bits per heavy atom. The molecule has 0 aliphatic heterocycles. The van der Waals surface area contributed by atoms with Gasteiger partial charge in [0.15, 0.2) is 5.78 Å². The first-order chi connectivity index (χ1) is 6.95. The Morgan fingerprint density at radius 2 is 1.93 bits per heavy atom. The van der Waals surface area contributed by atoms with Crippen molar-refractivity contribution in [3.05, 3.63) is 29.3 Å². The van der Waals surface area contributed by atoms with Crippen LogP contribution < -0.4 is 0 Å². The van der Waals surface area contributed by atoms with Gasteiger partial charge >= 0.3 is 0 Å². The van der Waals surface area contributed by atoms with Crippen molar-refractivity contribution >= 4 is 45.1 Å². The van der Waals surface area contributed by atoms with E-state index in [1.54, 1.807) is 11.8 Å². The molecule has 15 heavy (non-hydrogen) atoms. The lowest BCUT2D eigenvalue weighted by Crippen LogP contribution is -2.28. The Labute approximate surface area is 108 Å². The zero-order valence-electron chi connectivity index (χ0n) is 8.59. The van der Waals surface area contributed by atoms with Crippen molar-refractivity contribution in [1.82, 2.24) is 0 Å². The maximum Gasteiger partial charge on any atom is 0.159 e. The molecule has 0 atom stereocenters. The van der Waals surface area contributed by atoms with Crippen molar-refractivity contribution in [3.8, 4) is 0 Å². The van der Waals surface area contributed by atoms with Crippen LogP contribution in [0.25, 0.3) is 0 Å². The molecule has 1 aromatic carbocycles. The lowest BCUT2D eigenvalue weighted by Gasteiger charge is -2.21. The highest BCUT2D eigenvalue weighted by Crippen LogP contribution is 2.34. The highest BCUT2D eigenvalue weighted by Gasteiger charge is 2.27. The van der Waals surface area contributed by atoms with E-state index < -0.39 is 4.75 Å². The number of benzene rings is 1. The molecule has 0 aliphatic carbocycles. The molecule has 0 heterocycles. The molecule has 4 heteroatoms. The van der Waals surface area contributed by atoms with E-state index >= 15 is 0 Å². The van der Waals surface area contributed by atoms with Crippen LogP contribution in [0, 0.1) is 0 Å². The number of rotatable bonds is 4. The third kappa shape index (κ3) is 3.82. The number of carbonyl (C=O) groups excluding carboxylic acids is 1. The predicted molar refractivity (Wildman–Crippen MR) is 70.2 cm³/mol. The molecule has 82 valence electrons. The van der Waals surface area contributed by atoms with Gasteiger partial charge in [0.25, 0.3) is 0 Å². The van der Waals surface area contributed by atoms with Gasteiger partial charge in [-0.2, -0.15) is 0 Å². The fraction of sp³-hybridized carbons (Fsp3) is 0.364. The van der Waals surface area contributed by atoms with E-state index in [-0.39, 0.29) is 5.78 Å². The average molecular weight is 308 g/mol. The van der Waals surface area contributed by atoms with Crippen LogP contribution in [0.2, 0.25) is 5.02 Å². The summed E-state index contributed by atoms with van der Waals surface area (Å²) in [6.45, 7) is 3.85. The number of Topliss-reactive ketones (excluding diaryl/α,β-unsaturated/α-hetero) is 1. The first-order valence-electron chi connectivity index (χ1n) is 4.49. The molecule has 0 radical (unpaired) electrons. The Hall–Kier alpha value is 0.01000. The molecule has 0 fully saturated rings. The summed E-state index contributed by atoms with van der Waals surface area (Å²) in [5, 5.41) is 1.10. The van der Waals surface area contributed by atoms with Crippen LogP contribution in [0.1, 0.15) is 13.8 Å². The highest BCUT2D eigenvalue weighted by molar-refractivity contribution is 9.09. The third-order valence-corrected chi connectivity index (χ3v) is 3.99. The van der Waals surface area contributed by atoms with Crippen LogP contribution in [-0.2, 0) is 4.79 Å². The number of ketones is 1. The molecule has 0 aliphatic rings. The molecule has 1 rings (SSSR count). The molecule has 0 unspecified atom stereocenters. The zero-order valence-corrected chi connectivity index (χ0v) is 11.7. The molecule has 1 aromatic rings. The summed E-state index contributed by atoms with van der Waals surface area (Å²) >= 11 is 10.5. The summed E-state index contributed by atoms with van der Waals surface area (Å²) in [5.41, 5.74) is 0. The summed E-state index contributed by atoms with van der Waals surface area (Å²) in [7, 11) is 0. The molecule has 1 nitrogen and oxygen atoms in total. The Morgan fingerprint density at radius 3 is 2.40 bits per heavy atom. The number of alkyl halides is 1. The van der Waals surface area contributed by atoms with E-state index in [1.807, 2.05) is 38.1 Å². The van der Waals surface area contributed by atoms with Gasteiger partial charge in [-0.25, -0.2) is 0 Å². The second kappa shape index (κ2) is 5.37. The van der Waals surface area contributed by atoms with Gasteiger partial charge in [0.05, 0.1) is 10.1 Å². The summed E-state index contributed by atoms with van der Waals surface area (Å²) < 4.78 is -0.405. The predicted octanol–water partition coefficient (Wildman–Crippen LogP) is 4.17. The molecule has 0 N–H and O–H groups in total. The van der Waals surface area contributed by atoms with Crippen LogP contribution in [0.3, 0.4) is 0 Å². The summed E-state index contributed by atoms with van der Waals surface area (Å²) in [4.78, 5) is 12.7. The molecule has 0 saturated heterocycles. The molecule has 0 amide bonds. The van der Waals surface area contributed by atoms with E-state index in [0.29, 0.717) is 10.4 Å². The topological polar surface area (TPSA) is 17.1 Å². The van der Waals surface area contributed by atoms with Crippen LogP contribution in [0.15, 0.2) is 29.2 Å². The van der Waals surface area contributed by atoms with Gasteiger partial charge in [-0.1, -0.05) is 27.5 Å². The van der Waals surface area contributed by atoms with Crippen molar-refractivity contribution in [2.45, 2.75) is 23.5 Å². The lowest BCUT2D eigenvalue weighted by molar-refractivity contribution is -0.118. The number of halogens is 2. The van der Waals surface area contributed by atoms with Gasteiger partial charge in [0.2, 0.25) is 0 Å². The van der Waals surface area contributed by atoms with Crippen molar-refractivity contribution in [2.75, 3.05) is 5.33 Å². The minimum Gasteiger partial charge on any atom is -0.297 e. The maximum absolute atomic E-state index is 11.6. The van der Waals surface area contributed by atoms with Gasteiger partial charge in [-0.15, -0.1) is 11.8 Å². The Kier molecular flexibility index (Phi) is 4.68. The smallest absolute Gasteiger partial charge is 0.159 e. The fourth-order valence-corrected chi connectivity index (χ4v) is 3.08. The first kappa shape index (κ1) is 13.1. The largest absolute Gasteiger partial charge is 0.297 e. The average Bonchev–Trinajstić information content (AvgIpc) is 2.20. The Bertz CT molecular complexity index is 348.